The molecule has 140 valence electrons. The van der Waals surface area contributed by atoms with Gasteiger partial charge in [0.05, 0.1) is 17.1 Å². The van der Waals surface area contributed by atoms with Crippen molar-refractivity contribution in [2.45, 2.75) is 50.1 Å². The van der Waals surface area contributed by atoms with E-state index >= 15 is 0 Å². The summed E-state index contributed by atoms with van der Waals surface area (Å²) in [5, 5.41) is 0.695. The van der Waals surface area contributed by atoms with Crippen molar-refractivity contribution in [3.05, 3.63) is 85.8 Å². The molecule has 0 bridgehead atoms. The Morgan fingerprint density at radius 3 is 2.30 bits per heavy atom. The van der Waals surface area contributed by atoms with Gasteiger partial charge in [0.1, 0.15) is 0 Å². The van der Waals surface area contributed by atoms with E-state index in [1.807, 2.05) is 39.8 Å². The first kappa shape index (κ1) is 19.2. The molecule has 0 radical (unpaired) electrons. The van der Waals surface area contributed by atoms with Crippen LogP contribution < -0.4 is 11.2 Å². The molecule has 3 aromatic rings. The van der Waals surface area contributed by atoms with E-state index in [1.54, 1.807) is 17.0 Å². The molecule has 0 aliphatic heterocycles. The van der Waals surface area contributed by atoms with Gasteiger partial charge in [-0.15, -0.1) is 0 Å². The normalized spacial score (nSPS) is 11.1. The fourth-order valence-electron chi connectivity index (χ4n) is 3.10. The van der Waals surface area contributed by atoms with Crippen LogP contribution in [0.2, 0.25) is 0 Å². The van der Waals surface area contributed by atoms with Crippen molar-refractivity contribution < 1.29 is 0 Å². The van der Waals surface area contributed by atoms with Gasteiger partial charge in [-0.1, -0.05) is 31.7 Å². The molecule has 0 saturated heterocycles. The fraction of sp³-hybridized carbons (Fsp3) is 0.286. The molecule has 0 spiro atoms. The number of hydrogen-bond acceptors (Lipinski definition) is 4. The molecule has 2 heterocycles. The molecule has 1 N–H and O–H groups in total. The standard InChI is InChI=1S/C21H23N3O2S/c1-13(2)18-19(25)23-21(26)24(12-16-5-7-22-8-6-16)20(18)27-17-10-14(3)9-15(4)11-17/h5-11,13H,12H2,1-4H3,(H,23,25,26). The Morgan fingerprint density at radius 2 is 1.70 bits per heavy atom. The predicted octanol–water partition coefficient (Wildman–Crippen LogP) is 3.87. The molecule has 0 aliphatic carbocycles. The molecule has 2 aromatic heterocycles. The number of aromatic nitrogens is 3. The van der Waals surface area contributed by atoms with Crippen molar-refractivity contribution in [1.29, 1.82) is 0 Å². The van der Waals surface area contributed by atoms with Crippen molar-refractivity contribution in [2.75, 3.05) is 0 Å². The number of nitrogens with zero attached hydrogens (tertiary/aromatic N) is 2. The SMILES string of the molecule is Cc1cc(C)cc(Sc2c(C(C)C)c(=O)[nH]c(=O)n2Cc2ccncc2)c1. The Labute approximate surface area is 162 Å². The number of hydrogen-bond donors (Lipinski definition) is 1. The maximum Gasteiger partial charge on any atom is 0.329 e. The lowest BCUT2D eigenvalue weighted by Crippen LogP contribution is -2.34. The van der Waals surface area contributed by atoms with Crippen LogP contribution >= 0.6 is 11.8 Å². The van der Waals surface area contributed by atoms with Crippen LogP contribution in [0.3, 0.4) is 0 Å². The van der Waals surface area contributed by atoms with Crippen LogP contribution in [0.25, 0.3) is 0 Å². The Balaban J connectivity index is 2.18. The van der Waals surface area contributed by atoms with Crippen molar-refractivity contribution in [2.24, 2.45) is 0 Å². The second-order valence-electron chi connectivity index (χ2n) is 7.00. The monoisotopic (exact) mass is 381 g/mol. The van der Waals surface area contributed by atoms with Crippen LogP contribution in [-0.4, -0.2) is 14.5 Å². The lowest BCUT2D eigenvalue weighted by molar-refractivity contribution is 0.617. The number of aryl methyl sites for hydroxylation is 2. The van der Waals surface area contributed by atoms with Crippen LogP contribution in [0.1, 0.15) is 42.0 Å². The molecule has 0 atom stereocenters. The maximum atomic E-state index is 12.6. The first-order valence-electron chi connectivity index (χ1n) is 8.87. The largest absolute Gasteiger partial charge is 0.329 e. The van der Waals surface area contributed by atoms with Crippen LogP contribution in [0, 0.1) is 13.8 Å². The summed E-state index contributed by atoms with van der Waals surface area (Å²) in [4.78, 5) is 32.7. The molecule has 3 rings (SSSR count). The van der Waals surface area contributed by atoms with Gasteiger partial charge in [0.2, 0.25) is 0 Å². The third-order valence-electron chi connectivity index (χ3n) is 4.26. The topological polar surface area (TPSA) is 67.8 Å². The number of benzene rings is 1. The summed E-state index contributed by atoms with van der Waals surface area (Å²) in [6.07, 6.45) is 3.40. The number of H-pyrrole nitrogens is 1. The highest BCUT2D eigenvalue weighted by molar-refractivity contribution is 7.99. The first-order valence-corrected chi connectivity index (χ1v) is 9.69. The molecule has 27 heavy (non-hydrogen) atoms. The number of nitrogens with one attached hydrogen (secondary N) is 1. The molecule has 0 unspecified atom stereocenters. The van der Waals surface area contributed by atoms with Gasteiger partial charge in [0, 0.05) is 17.3 Å². The van der Waals surface area contributed by atoms with E-state index in [0.29, 0.717) is 17.1 Å². The highest BCUT2D eigenvalue weighted by Gasteiger charge is 2.19. The van der Waals surface area contributed by atoms with E-state index in [4.69, 9.17) is 0 Å². The van der Waals surface area contributed by atoms with Crippen LogP contribution in [-0.2, 0) is 6.54 Å². The van der Waals surface area contributed by atoms with Crippen molar-refractivity contribution in [3.8, 4) is 0 Å². The van der Waals surface area contributed by atoms with Gasteiger partial charge >= 0.3 is 5.69 Å². The van der Waals surface area contributed by atoms with Gasteiger partial charge < -0.3 is 0 Å². The molecule has 0 fully saturated rings. The molecule has 0 saturated carbocycles. The second kappa shape index (κ2) is 7.96. The van der Waals surface area contributed by atoms with E-state index in [0.717, 1.165) is 21.6 Å². The summed E-state index contributed by atoms with van der Waals surface area (Å²) in [6.45, 7) is 8.41. The van der Waals surface area contributed by atoms with Crippen LogP contribution in [0.15, 0.2) is 62.2 Å². The summed E-state index contributed by atoms with van der Waals surface area (Å²) in [5.74, 6) is -0.00792. The molecule has 0 aliphatic rings. The summed E-state index contributed by atoms with van der Waals surface area (Å²) in [7, 11) is 0. The Bertz CT molecular complexity index is 1050. The van der Waals surface area contributed by atoms with Gasteiger partial charge in [0.25, 0.3) is 5.56 Å². The Morgan fingerprint density at radius 1 is 1.07 bits per heavy atom. The number of pyridine rings is 1. The smallest absolute Gasteiger partial charge is 0.283 e. The van der Waals surface area contributed by atoms with E-state index < -0.39 is 5.69 Å². The van der Waals surface area contributed by atoms with E-state index in [-0.39, 0.29) is 11.5 Å². The van der Waals surface area contributed by atoms with Crippen molar-refractivity contribution in [3.63, 3.8) is 0 Å². The van der Waals surface area contributed by atoms with Crippen LogP contribution in [0.5, 0.6) is 0 Å². The van der Waals surface area contributed by atoms with Gasteiger partial charge in [-0.3, -0.25) is 19.3 Å². The minimum atomic E-state index is -0.395. The Hall–Kier alpha value is -2.60. The quantitative estimate of drug-likeness (QED) is 0.681. The fourth-order valence-corrected chi connectivity index (χ4v) is 4.51. The van der Waals surface area contributed by atoms with Crippen molar-refractivity contribution in [1.82, 2.24) is 14.5 Å². The molecule has 1 aromatic carbocycles. The Kier molecular flexibility index (Phi) is 5.65. The lowest BCUT2D eigenvalue weighted by Gasteiger charge is -2.18. The molecular weight excluding hydrogens is 358 g/mol. The molecule has 6 heteroatoms. The maximum absolute atomic E-state index is 12.6. The minimum Gasteiger partial charge on any atom is -0.283 e. The molecule has 0 amide bonds. The average Bonchev–Trinajstić information content (AvgIpc) is 2.58. The zero-order valence-corrected chi connectivity index (χ0v) is 16.8. The summed E-state index contributed by atoms with van der Waals surface area (Å²) >= 11 is 1.47. The summed E-state index contributed by atoms with van der Waals surface area (Å²) in [6, 6.07) is 10.00. The summed E-state index contributed by atoms with van der Waals surface area (Å²) < 4.78 is 1.65. The van der Waals surface area contributed by atoms with Gasteiger partial charge in [-0.05, 0) is 60.7 Å². The van der Waals surface area contributed by atoms with E-state index in [1.165, 1.54) is 11.8 Å². The number of aromatic amines is 1. The number of rotatable bonds is 5. The third kappa shape index (κ3) is 4.39. The summed E-state index contributed by atoms with van der Waals surface area (Å²) in [5.41, 5.74) is 3.18. The lowest BCUT2D eigenvalue weighted by atomic mass is 10.1. The van der Waals surface area contributed by atoms with Gasteiger partial charge in [-0.25, -0.2) is 4.79 Å². The van der Waals surface area contributed by atoms with Gasteiger partial charge in [0.15, 0.2) is 0 Å². The molecular formula is C21H23N3O2S. The van der Waals surface area contributed by atoms with E-state index in [2.05, 4.69) is 28.2 Å². The van der Waals surface area contributed by atoms with Crippen molar-refractivity contribution >= 4 is 11.8 Å². The first-order chi connectivity index (χ1) is 12.8. The predicted molar refractivity (Wildman–Crippen MR) is 109 cm³/mol. The molecule has 5 nitrogen and oxygen atoms in total. The zero-order valence-electron chi connectivity index (χ0n) is 15.9. The zero-order chi connectivity index (χ0) is 19.6. The third-order valence-corrected chi connectivity index (χ3v) is 5.37. The second-order valence-corrected chi connectivity index (χ2v) is 8.06. The highest BCUT2D eigenvalue weighted by atomic mass is 32.2. The van der Waals surface area contributed by atoms with E-state index in [9.17, 15) is 9.59 Å². The minimum absolute atomic E-state index is 0.00792. The van der Waals surface area contributed by atoms with Gasteiger partial charge in [-0.2, -0.15) is 0 Å². The average molecular weight is 382 g/mol. The van der Waals surface area contributed by atoms with Crippen LogP contribution in [0.4, 0.5) is 0 Å². The highest BCUT2D eigenvalue weighted by Crippen LogP contribution is 2.32.